The Hall–Kier alpha value is -3.47. The molecule has 1 aliphatic rings. The third kappa shape index (κ3) is 4.66. The Balaban J connectivity index is 1.35. The predicted molar refractivity (Wildman–Crippen MR) is 119 cm³/mol. The van der Waals surface area contributed by atoms with Crippen molar-refractivity contribution in [1.82, 2.24) is 5.32 Å². The van der Waals surface area contributed by atoms with Gasteiger partial charge in [-0.2, -0.15) is 0 Å². The van der Waals surface area contributed by atoms with Crippen molar-refractivity contribution in [3.05, 3.63) is 82.4 Å². The van der Waals surface area contributed by atoms with Crippen LogP contribution in [0.1, 0.15) is 50.8 Å². The zero-order valence-corrected chi connectivity index (χ0v) is 17.6. The van der Waals surface area contributed by atoms with Crippen molar-refractivity contribution >= 4 is 28.4 Å². The summed E-state index contributed by atoms with van der Waals surface area (Å²) in [4.78, 5) is 36.1. The monoisotopic (exact) mass is 415 g/mol. The van der Waals surface area contributed by atoms with E-state index in [1.165, 1.54) is 18.1 Å². The molecule has 1 N–H and O–H groups in total. The van der Waals surface area contributed by atoms with Crippen molar-refractivity contribution in [2.75, 3.05) is 13.2 Å². The van der Waals surface area contributed by atoms with E-state index in [-0.39, 0.29) is 18.3 Å². The highest BCUT2D eigenvalue weighted by molar-refractivity contribution is 6.08. The highest BCUT2D eigenvalue weighted by Gasteiger charge is 2.20. The summed E-state index contributed by atoms with van der Waals surface area (Å²) in [7, 11) is 0. The molecule has 0 saturated heterocycles. The minimum atomic E-state index is -0.474. The predicted octanol–water partition coefficient (Wildman–Crippen LogP) is 4.05. The number of aryl methyl sites for hydroxylation is 3. The number of nitrogens with one attached hydrogen (secondary N) is 1. The van der Waals surface area contributed by atoms with Gasteiger partial charge in [-0.25, -0.2) is 4.79 Å². The third-order valence-corrected chi connectivity index (χ3v) is 5.72. The lowest BCUT2D eigenvalue weighted by Gasteiger charge is -2.09. The molecule has 5 nitrogen and oxygen atoms in total. The van der Waals surface area contributed by atoms with Crippen molar-refractivity contribution < 1.29 is 19.1 Å². The van der Waals surface area contributed by atoms with Gasteiger partial charge >= 0.3 is 5.97 Å². The van der Waals surface area contributed by atoms with Crippen molar-refractivity contribution in [3.63, 3.8) is 0 Å². The van der Waals surface area contributed by atoms with E-state index in [2.05, 4.69) is 11.4 Å². The highest BCUT2D eigenvalue weighted by atomic mass is 16.5. The minimum Gasteiger partial charge on any atom is -0.454 e. The van der Waals surface area contributed by atoms with Crippen molar-refractivity contribution in [1.29, 1.82) is 0 Å². The molecule has 4 rings (SSSR count). The fourth-order valence-corrected chi connectivity index (χ4v) is 4.13. The van der Waals surface area contributed by atoms with Crippen LogP contribution in [0.5, 0.6) is 0 Å². The van der Waals surface area contributed by atoms with Crippen LogP contribution >= 0.6 is 0 Å². The number of carbonyl (C=O) groups excluding carboxylic acids is 3. The largest absolute Gasteiger partial charge is 0.454 e. The molecule has 158 valence electrons. The quantitative estimate of drug-likeness (QED) is 0.342. The molecular formula is C26H25NO4. The first-order valence-electron chi connectivity index (χ1n) is 10.6. The second kappa shape index (κ2) is 9.13. The molecule has 0 aromatic heterocycles. The molecule has 0 fully saturated rings. The van der Waals surface area contributed by atoms with Crippen LogP contribution in [0.3, 0.4) is 0 Å². The Kier molecular flexibility index (Phi) is 6.12. The summed E-state index contributed by atoms with van der Waals surface area (Å²) in [6.45, 7) is 1.84. The summed E-state index contributed by atoms with van der Waals surface area (Å²) in [6, 6.07) is 17.1. The van der Waals surface area contributed by atoms with E-state index >= 15 is 0 Å². The lowest BCUT2D eigenvalue weighted by atomic mass is 10.00. The Morgan fingerprint density at radius 3 is 2.42 bits per heavy atom. The van der Waals surface area contributed by atoms with Gasteiger partial charge in [-0.05, 0) is 59.2 Å². The van der Waals surface area contributed by atoms with Crippen LogP contribution in [0.25, 0.3) is 10.8 Å². The van der Waals surface area contributed by atoms with Gasteiger partial charge in [-0.15, -0.1) is 0 Å². The zero-order valence-electron chi connectivity index (χ0n) is 17.6. The molecule has 3 aromatic carbocycles. The molecule has 0 atom stereocenters. The smallest absolute Gasteiger partial charge is 0.339 e. The van der Waals surface area contributed by atoms with E-state index in [4.69, 9.17) is 4.74 Å². The molecule has 0 heterocycles. The highest BCUT2D eigenvalue weighted by Crippen LogP contribution is 2.33. The first-order valence-corrected chi connectivity index (χ1v) is 10.6. The normalized spacial score (nSPS) is 12.0. The number of rotatable bonds is 8. The van der Waals surface area contributed by atoms with Crippen LogP contribution in [0, 0.1) is 0 Å². The van der Waals surface area contributed by atoms with Crippen LogP contribution in [-0.2, 0) is 28.8 Å². The van der Waals surface area contributed by atoms with Gasteiger partial charge in [-0.3, -0.25) is 9.59 Å². The Bertz CT molecular complexity index is 1140. The Morgan fingerprint density at radius 2 is 1.68 bits per heavy atom. The van der Waals surface area contributed by atoms with E-state index in [1.807, 2.05) is 30.3 Å². The second-order valence-electron chi connectivity index (χ2n) is 7.89. The molecule has 0 spiro atoms. The average Bonchev–Trinajstić information content (AvgIpc) is 3.20. The fraction of sp³-hybridized carbons (Fsp3) is 0.269. The number of ether oxygens (including phenoxy) is 1. The molecule has 1 aliphatic carbocycles. The third-order valence-electron chi connectivity index (χ3n) is 5.72. The molecule has 0 aliphatic heterocycles. The zero-order chi connectivity index (χ0) is 21.8. The van der Waals surface area contributed by atoms with Gasteiger partial charge in [0.1, 0.15) is 0 Å². The van der Waals surface area contributed by atoms with E-state index in [9.17, 15) is 14.4 Å². The van der Waals surface area contributed by atoms with Crippen LogP contribution in [-0.4, -0.2) is 30.8 Å². The first-order chi connectivity index (χ1) is 15.0. The maximum atomic E-state index is 12.7. The molecule has 31 heavy (non-hydrogen) atoms. The van der Waals surface area contributed by atoms with Gasteiger partial charge in [0.2, 0.25) is 5.91 Å². The lowest BCUT2D eigenvalue weighted by molar-refractivity contribution is -0.118. The number of hydrogen-bond donors (Lipinski definition) is 1. The van der Waals surface area contributed by atoms with Gasteiger partial charge in [0.25, 0.3) is 0 Å². The van der Waals surface area contributed by atoms with Crippen LogP contribution < -0.4 is 5.32 Å². The Labute approximate surface area is 181 Å². The molecule has 0 saturated carbocycles. The summed E-state index contributed by atoms with van der Waals surface area (Å²) in [5, 5.41) is 4.81. The van der Waals surface area contributed by atoms with Gasteiger partial charge in [0, 0.05) is 19.0 Å². The Morgan fingerprint density at radius 1 is 0.935 bits per heavy atom. The molecule has 3 aromatic rings. The number of Topliss-reactive ketones (excluding diaryl/α,β-unsaturated/α-hetero) is 1. The summed E-state index contributed by atoms with van der Waals surface area (Å²) < 4.78 is 5.36. The molecular weight excluding hydrogens is 390 g/mol. The van der Waals surface area contributed by atoms with Crippen molar-refractivity contribution in [3.8, 4) is 0 Å². The number of amides is 1. The van der Waals surface area contributed by atoms with Crippen molar-refractivity contribution in [2.45, 2.75) is 32.6 Å². The number of ketones is 1. The molecule has 0 unspecified atom stereocenters. The van der Waals surface area contributed by atoms with Crippen LogP contribution in [0.4, 0.5) is 0 Å². The standard InChI is InChI=1S/C26H25NO4/c1-17(28)27-15-3-4-18-7-9-19(10-8-18)24(29)16-31-26(30)23-14-13-21-12-11-20-5-2-6-22(23)25(20)21/h2,5-10,13-14H,3-4,11-12,15-16H2,1H3,(H,27,28). The summed E-state index contributed by atoms with van der Waals surface area (Å²) >= 11 is 0. The van der Waals surface area contributed by atoms with E-state index in [0.29, 0.717) is 17.7 Å². The van der Waals surface area contributed by atoms with E-state index in [1.54, 1.807) is 18.2 Å². The van der Waals surface area contributed by atoms with E-state index < -0.39 is 5.97 Å². The number of esters is 1. The van der Waals surface area contributed by atoms with Gasteiger partial charge in [-0.1, -0.05) is 48.5 Å². The SMILES string of the molecule is CC(=O)NCCCc1ccc(C(=O)COC(=O)c2ccc3c4c(cccc24)CC3)cc1. The topological polar surface area (TPSA) is 72.5 Å². The van der Waals surface area contributed by atoms with E-state index in [0.717, 1.165) is 42.0 Å². The maximum Gasteiger partial charge on any atom is 0.339 e. The minimum absolute atomic E-state index is 0.0346. The molecule has 0 bridgehead atoms. The molecule has 5 heteroatoms. The van der Waals surface area contributed by atoms with Gasteiger partial charge < -0.3 is 10.1 Å². The molecule has 0 radical (unpaired) electrons. The van der Waals surface area contributed by atoms with Gasteiger partial charge in [0.15, 0.2) is 12.4 Å². The van der Waals surface area contributed by atoms with Crippen LogP contribution in [0.2, 0.25) is 0 Å². The molecule has 1 amide bonds. The van der Waals surface area contributed by atoms with Crippen LogP contribution in [0.15, 0.2) is 54.6 Å². The first kappa shape index (κ1) is 20.8. The average molecular weight is 415 g/mol. The fourth-order valence-electron chi connectivity index (χ4n) is 4.13. The van der Waals surface area contributed by atoms with Crippen molar-refractivity contribution in [2.24, 2.45) is 0 Å². The summed E-state index contributed by atoms with van der Waals surface area (Å²) in [5.41, 5.74) is 4.63. The summed E-state index contributed by atoms with van der Waals surface area (Å²) in [6.07, 6.45) is 3.63. The second-order valence-corrected chi connectivity index (χ2v) is 7.89. The number of carbonyl (C=O) groups is 3. The number of benzene rings is 3. The van der Waals surface area contributed by atoms with Gasteiger partial charge in [0.05, 0.1) is 5.56 Å². The lowest BCUT2D eigenvalue weighted by Crippen LogP contribution is -2.21. The number of hydrogen-bond acceptors (Lipinski definition) is 4. The maximum absolute atomic E-state index is 12.7. The summed E-state index contributed by atoms with van der Waals surface area (Å²) in [5.74, 6) is -0.741.